The second-order valence-corrected chi connectivity index (χ2v) is 7.82. The fourth-order valence-corrected chi connectivity index (χ4v) is 4.54. The molecule has 0 bridgehead atoms. The van der Waals surface area contributed by atoms with Gasteiger partial charge in [0.15, 0.2) is 17.8 Å². The van der Waals surface area contributed by atoms with E-state index in [2.05, 4.69) is 16.8 Å². The fourth-order valence-electron chi connectivity index (χ4n) is 2.91. The predicted molar refractivity (Wildman–Crippen MR) is 106 cm³/mol. The van der Waals surface area contributed by atoms with E-state index in [-0.39, 0.29) is 12.5 Å². The highest BCUT2D eigenvalue weighted by Crippen LogP contribution is 2.36. The Bertz CT molecular complexity index is 1020. The van der Waals surface area contributed by atoms with E-state index in [1.807, 2.05) is 22.1 Å². The summed E-state index contributed by atoms with van der Waals surface area (Å²) in [5.74, 6) is 1.89. The standard InChI is InChI=1S/C18H16N4O4S2/c1-2-5-21-17(15-4-3-6-27-15)19-20-18(21)28-10-13-8-14(22(23)24)7-12-9-25-11-26-16(12)13/h2-4,6-8H,1,5,9-11H2. The largest absolute Gasteiger partial charge is 0.467 e. The summed E-state index contributed by atoms with van der Waals surface area (Å²) >= 11 is 3.05. The lowest BCUT2D eigenvalue weighted by Crippen LogP contribution is -2.13. The number of ether oxygens (including phenoxy) is 2. The smallest absolute Gasteiger partial charge is 0.270 e. The van der Waals surface area contributed by atoms with Gasteiger partial charge in [-0.3, -0.25) is 14.7 Å². The Morgan fingerprint density at radius 3 is 3.07 bits per heavy atom. The molecule has 0 saturated heterocycles. The van der Waals surface area contributed by atoms with Crippen LogP contribution in [-0.4, -0.2) is 26.5 Å². The first-order valence-corrected chi connectivity index (χ1v) is 10.3. The molecule has 3 heterocycles. The van der Waals surface area contributed by atoms with Gasteiger partial charge in [0.05, 0.1) is 16.4 Å². The SMILES string of the molecule is C=CCn1c(SCc2cc([N+](=O)[O-])cc3c2OCOC3)nnc1-c1cccs1. The van der Waals surface area contributed by atoms with Gasteiger partial charge in [-0.1, -0.05) is 23.9 Å². The first kappa shape index (κ1) is 18.7. The summed E-state index contributed by atoms with van der Waals surface area (Å²) in [4.78, 5) is 11.9. The molecule has 0 saturated carbocycles. The lowest BCUT2D eigenvalue weighted by Gasteiger charge is -2.20. The minimum atomic E-state index is -0.405. The number of hydrogen-bond donors (Lipinski definition) is 0. The van der Waals surface area contributed by atoms with Crippen molar-refractivity contribution in [3.8, 4) is 16.5 Å². The summed E-state index contributed by atoms with van der Waals surface area (Å²) < 4.78 is 12.8. The number of nitro groups is 1. The second-order valence-electron chi connectivity index (χ2n) is 5.93. The molecule has 1 aliphatic rings. The quantitative estimate of drug-likeness (QED) is 0.246. The van der Waals surface area contributed by atoms with Crippen LogP contribution >= 0.6 is 23.1 Å². The highest BCUT2D eigenvalue weighted by molar-refractivity contribution is 7.98. The van der Waals surface area contributed by atoms with Crippen molar-refractivity contribution in [1.82, 2.24) is 14.8 Å². The lowest BCUT2D eigenvalue weighted by atomic mass is 10.1. The third kappa shape index (κ3) is 3.66. The van der Waals surface area contributed by atoms with Crippen LogP contribution in [0.3, 0.4) is 0 Å². The average molecular weight is 416 g/mol. The van der Waals surface area contributed by atoms with Crippen LogP contribution in [-0.2, 0) is 23.6 Å². The molecule has 4 rings (SSSR count). The minimum absolute atomic E-state index is 0.0234. The Hall–Kier alpha value is -2.69. The summed E-state index contributed by atoms with van der Waals surface area (Å²) in [5.41, 5.74) is 1.45. The average Bonchev–Trinajstić information content (AvgIpc) is 3.36. The van der Waals surface area contributed by atoms with Gasteiger partial charge in [-0.2, -0.15) is 0 Å². The van der Waals surface area contributed by atoms with Crippen molar-refractivity contribution in [1.29, 1.82) is 0 Å². The van der Waals surface area contributed by atoms with Crippen LogP contribution in [0.2, 0.25) is 0 Å². The van der Waals surface area contributed by atoms with Gasteiger partial charge in [0.2, 0.25) is 0 Å². The van der Waals surface area contributed by atoms with Crippen molar-refractivity contribution in [2.45, 2.75) is 24.1 Å². The molecule has 2 aromatic heterocycles. The number of thiophene rings is 1. The highest BCUT2D eigenvalue weighted by Gasteiger charge is 2.22. The van der Waals surface area contributed by atoms with E-state index in [1.54, 1.807) is 23.5 Å². The Morgan fingerprint density at radius 1 is 1.43 bits per heavy atom. The second kappa shape index (κ2) is 8.13. The lowest BCUT2D eigenvalue weighted by molar-refractivity contribution is -0.385. The molecule has 8 nitrogen and oxygen atoms in total. The number of nitrogens with zero attached hydrogens (tertiary/aromatic N) is 4. The van der Waals surface area contributed by atoms with E-state index in [4.69, 9.17) is 9.47 Å². The zero-order chi connectivity index (χ0) is 19.5. The van der Waals surface area contributed by atoms with Gasteiger partial charge < -0.3 is 9.47 Å². The third-order valence-electron chi connectivity index (χ3n) is 4.11. The number of non-ortho nitro benzene ring substituents is 1. The van der Waals surface area contributed by atoms with Gasteiger partial charge >= 0.3 is 0 Å². The maximum absolute atomic E-state index is 11.3. The predicted octanol–water partition coefficient (Wildman–Crippen LogP) is 4.26. The van der Waals surface area contributed by atoms with E-state index in [1.165, 1.54) is 17.8 Å². The van der Waals surface area contributed by atoms with Gasteiger partial charge in [-0.25, -0.2) is 0 Å². The van der Waals surface area contributed by atoms with Crippen LogP contribution in [0, 0.1) is 10.1 Å². The van der Waals surface area contributed by atoms with E-state index >= 15 is 0 Å². The number of thioether (sulfide) groups is 1. The molecule has 0 fully saturated rings. The van der Waals surface area contributed by atoms with Crippen LogP contribution in [0.1, 0.15) is 11.1 Å². The van der Waals surface area contributed by atoms with Crippen LogP contribution in [0.15, 0.2) is 47.5 Å². The van der Waals surface area contributed by atoms with Crippen molar-refractivity contribution in [3.05, 3.63) is 63.5 Å². The number of benzene rings is 1. The van der Waals surface area contributed by atoms with E-state index in [0.29, 0.717) is 30.2 Å². The maximum atomic E-state index is 11.3. The number of rotatable bonds is 7. The van der Waals surface area contributed by atoms with Crippen molar-refractivity contribution >= 4 is 28.8 Å². The van der Waals surface area contributed by atoms with E-state index < -0.39 is 4.92 Å². The number of allylic oxidation sites excluding steroid dienone is 1. The maximum Gasteiger partial charge on any atom is 0.270 e. The summed E-state index contributed by atoms with van der Waals surface area (Å²) in [7, 11) is 0. The first-order valence-electron chi connectivity index (χ1n) is 8.39. The number of aromatic nitrogens is 3. The Balaban J connectivity index is 1.64. The molecule has 0 radical (unpaired) electrons. The molecular formula is C18H16N4O4S2. The summed E-state index contributed by atoms with van der Waals surface area (Å²) in [6.45, 7) is 4.82. The number of nitro benzene ring substituents is 1. The molecule has 1 aromatic carbocycles. The summed E-state index contributed by atoms with van der Waals surface area (Å²) in [5, 5.41) is 22.6. The zero-order valence-electron chi connectivity index (χ0n) is 14.7. The molecule has 0 N–H and O–H groups in total. The van der Waals surface area contributed by atoms with Crippen molar-refractivity contribution in [2.24, 2.45) is 0 Å². The molecule has 28 heavy (non-hydrogen) atoms. The van der Waals surface area contributed by atoms with Crippen molar-refractivity contribution in [3.63, 3.8) is 0 Å². The molecule has 0 atom stereocenters. The molecule has 0 amide bonds. The molecule has 0 unspecified atom stereocenters. The Labute approximate surface area is 169 Å². The molecule has 1 aliphatic heterocycles. The number of fused-ring (bicyclic) bond motifs is 1. The van der Waals surface area contributed by atoms with Crippen LogP contribution in [0.4, 0.5) is 5.69 Å². The molecule has 144 valence electrons. The van der Waals surface area contributed by atoms with Gasteiger partial charge in [0, 0.05) is 35.6 Å². The number of hydrogen-bond acceptors (Lipinski definition) is 8. The zero-order valence-corrected chi connectivity index (χ0v) is 16.4. The van der Waals surface area contributed by atoms with E-state index in [0.717, 1.165) is 21.4 Å². The van der Waals surface area contributed by atoms with Crippen LogP contribution in [0.25, 0.3) is 10.7 Å². The van der Waals surface area contributed by atoms with Crippen molar-refractivity contribution < 1.29 is 14.4 Å². The van der Waals surface area contributed by atoms with Gasteiger partial charge in [-0.05, 0) is 11.4 Å². The third-order valence-corrected chi connectivity index (χ3v) is 5.99. The first-order chi connectivity index (χ1) is 13.7. The Morgan fingerprint density at radius 2 is 2.32 bits per heavy atom. The highest BCUT2D eigenvalue weighted by atomic mass is 32.2. The normalized spacial score (nSPS) is 13.0. The fraction of sp³-hybridized carbons (Fsp3) is 0.222. The summed E-state index contributed by atoms with van der Waals surface area (Å²) in [6.07, 6.45) is 1.79. The minimum Gasteiger partial charge on any atom is -0.467 e. The molecule has 0 spiro atoms. The molecule has 3 aromatic rings. The summed E-state index contributed by atoms with van der Waals surface area (Å²) in [6, 6.07) is 7.01. The van der Waals surface area contributed by atoms with Gasteiger partial charge in [-0.15, -0.1) is 28.1 Å². The topological polar surface area (TPSA) is 92.3 Å². The van der Waals surface area contributed by atoms with Crippen molar-refractivity contribution in [2.75, 3.05) is 6.79 Å². The van der Waals surface area contributed by atoms with Crippen LogP contribution in [0.5, 0.6) is 5.75 Å². The molecule has 0 aliphatic carbocycles. The van der Waals surface area contributed by atoms with Gasteiger partial charge in [0.25, 0.3) is 5.69 Å². The monoisotopic (exact) mass is 416 g/mol. The van der Waals surface area contributed by atoms with Crippen LogP contribution < -0.4 is 4.74 Å². The molecular weight excluding hydrogens is 400 g/mol. The van der Waals surface area contributed by atoms with E-state index in [9.17, 15) is 10.1 Å². The Kier molecular flexibility index (Phi) is 5.42. The van der Waals surface area contributed by atoms with Gasteiger partial charge in [0.1, 0.15) is 5.75 Å². The molecule has 10 heteroatoms.